The fourth-order valence-corrected chi connectivity index (χ4v) is 2.81. The molecule has 2 aromatic carbocycles. The zero-order valence-corrected chi connectivity index (χ0v) is 15.6. The Labute approximate surface area is 146 Å². The molecular formula is C19H22INO. The molecular weight excluding hydrogens is 385 g/mol. The Kier molecular flexibility index (Phi) is 5.27. The predicted octanol–water partition coefficient (Wildman–Crippen LogP) is 5.08. The number of rotatable bonds is 3. The maximum atomic E-state index is 12.3. The predicted molar refractivity (Wildman–Crippen MR) is 100 cm³/mol. The number of halogens is 1. The van der Waals surface area contributed by atoms with E-state index in [1.54, 1.807) is 0 Å². The highest BCUT2D eigenvalue weighted by Crippen LogP contribution is 2.24. The van der Waals surface area contributed by atoms with E-state index < -0.39 is 0 Å². The van der Waals surface area contributed by atoms with Gasteiger partial charge in [-0.15, -0.1) is 0 Å². The normalized spacial score (nSPS) is 12.8. The van der Waals surface area contributed by atoms with Crippen LogP contribution in [-0.2, 0) is 5.41 Å². The lowest BCUT2D eigenvalue weighted by atomic mass is 9.86. The van der Waals surface area contributed by atoms with Crippen LogP contribution in [0, 0.1) is 3.57 Å². The van der Waals surface area contributed by atoms with Crippen molar-refractivity contribution in [3.05, 3.63) is 68.8 Å². The number of carbonyl (C=O) groups is 1. The number of amides is 1. The van der Waals surface area contributed by atoms with Crippen molar-refractivity contribution in [1.29, 1.82) is 0 Å². The van der Waals surface area contributed by atoms with E-state index in [0.717, 1.165) is 9.13 Å². The van der Waals surface area contributed by atoms with Crippen molar-refractivity contribution in [2.24, 2.45) is 0 Å². The molecule has 2 aromatic rings. The minimum Gasteiger partial charge on any atom is -0.346 e. The van der Waals surface area contributed by atoms with Crippen LogP contribution in [0.3, 0.4) is 0 Å². The van der Waals surface area contributed by atoms with Crippen LogP contribution in [0.15, 0.2) is 48.5 Å². The first kappa shape index (κ1) is 17.0. The van der Waals surface area contributed by atoms with E-state index in [4.69, 9.17) is 0 Å². The van der Waals surface area contributed by atoms with Gasteiger partial charge in [0.15, 0.2) is 0 Å². The van der Waals surface area contributed by atoms with Crippen molar-refractivity contribution in [2.45, 2.75) is 39.2 Å². The quantitative estimate of drug-likeness (QED) is 0.707. The Morgan fingerprint density at radius 1 is 1.09 bits per heavy atom. The van der Waals surface area contributed by atoms with Crippen LogP contribution < -0.4 is 5.32 Å². The van der Waals surface area contributed by atoms with Crippen molar-refractivity contribution in [3.8, 4) is 0 Å². The molecule has 1 amide bonds. The summed E-state index contributed by atoms with van der Waals surface area (Å²) in [6.45, 7) is 8.61. The molecule has 0 aliphatic rings. The van der Waals surface area contributed by atoms with Crippen molar-refractivity contribution in [1.82, 2.24) is 5.32 Å². The maximum Gasteiger partial charge on any atom is 0.251 e. The van der Waals surface area contributed by atoms with E-state index in [2.05, 4.69) is 72.9 Å². The zero-order valence-electron chi connectivity index (χ0n) is 13.5. The van der Waals surface area contributed by atoms with Crippen LogP contribution in [0.2, 0.25) is 0 Å². The Bertz CT molecular complexity index is 656. The van der Waals surface area contributed by atoms with E-state index in [0.29, 0.717) is 5.56 Å². The largest absolute Gasteiger partial charge is 0.346 e. The molecule has 0 saturated carbocycles. The number of nitrogens with one attached hydrogen (secondary N) is 1. The fraction of sp³-hybridized carbons (Fsp3) is 0.316. The summed E-state index contributed by atoms with van der Waals surface area (Å²) in [7, 11) is 0. The number of hydrogen-bond donors (Lipinski definition) is 1. The average molecular weight is 407 g/mol. The molecule has 0 radical (unpaired) electrons. The smallest absolute Gasteiger partial charge is 0.251 e. The maximum absolute atomic E-state index is 12.3. The van der Waals surface area contributed by atoms with Gasteiger partial charge in [0, 0.05) is 9.13 Å². The average Bonchev–Trinajstić information content (AvgIpc) is 2.46. The Balaban J connectivity index is 2.09. The standard InChI is InChI=1S/C19H22INO/c1-13(14-8-10-16(11-9-14)19(2,3)4)21-18(22)15-6-5-7-17(20)12-15/h5-13H,1-4H3,(H,21,22)/t13-/m0/s1. The second kappa shape index (κ2) is 6.82. The minimum absolute atomic E-state index is 0.0145. The first-order valence-electron chi connectivity index (χ1n) is 7.44. The van der Waals surface area contributed by atoms with Crippen molar-refractivity contribution in [3.63, 3.8) is 0 Å². The summed E-state index contributed by atoms with van der Waals surface area (Å²) in [5.74, 6) is -0.0362. The van der Waals surface area contributed by atoms with Gasteiger partial charge in [-0.25, -0.2) is 0 Å². The second-order valence-electron chi connectivity index (χ2n) is 6.58. The van der Waals surface area contributed by atoms with E-state index in [9.17, 15) is 4.79 Å². The minimum atomic E-state index is -0.0362. The molecule has 0 spiro atoms. The lowest BCUT2D eigenvalue weighted by Gasteiger charge is -2.20. The van der Waals surface area contributed by atoms with E-state index >= 15 is 0 Å². The van der Waals surface area contributed by atoms with Gasteiger partial charge in [0.25, 0.3) is 5.91 Å². The van der Waals surface area contributed by atoms with Gasteiger partial charge < -0.3 is 5.32 Å². The molecule has 2 rings (SSSR count). The third kappa shape index (κ3) is 4.32. The fourth-order valence-electron chi connectivity index (χ4n) is 2.26. The van der Waals surface area contributed by atoms with Gasteiger partial charge in [0.05, 0.1) is 6.04 Å². The highest BCUT2D eigenvalue weighted by molar-refractivity contribution is 14.1. The molecule has 3 heteroatoms. The van der Waals surface area contributed by atoms with Crippen molar-refractivity contribution < 1.29 is 4.79 Å². The van der Waals surface area contributed by atoms with Gasteiger partial charge in [0.1, 0.15) is 0 Å². The molecule has 22 heavy (non-hydrogen) atoms. The first-order chi connectivity index (χ1) is 10.3. The SMILES string of the molecule is C[C@H](NC(=O)c1cccc(I)c1)c1ccc(C(C)(C)C)cc1. The first-order valence-corrected chi connectivity index (χ1v) is 8.52. The van der Waals surface area contributed by atoms with Crippen LogP contribution >= 0.6 is 22.6 Å². The van der Waals surface area contributed by atoms with Gasteiger partial charge in [0.2, 0.25) is 0 Å². The van der Waals surface area contributed by atoms with Crippen LogP contribution in [0.1, 0.15) is 55.2 Å². The highest BCUT2D eigenvalue weighted by atomic mass is 127. The van der Waals surface area contributed by atoms with Crippen LogP contribution in [0.25, 0.3) is 0 Å². The summed E-state index contributed by atoms with van der Waals surface area (Å²) in [4.78, 5) is 12.3. The molecule has 0 bridgehead atoms. The summed E-state index contributed by atoms with van der Waals surface area (Å²) in [5.41, 5.74) is 3.26. The molecule has 1 atom stereocenters. The summed E-state index contributed by atoms with van der Waals surface area (Å²) >= 11 is 2.21. The number of benzene rings is 2. The van der Waals surface area contributed by atoms with Gasteiger partial charge in [-0.1, -0.05) is 51.1 Å². The van der Waals surface area contributed by atoms with Gasteiger partial charge in [-0.3, -0.25) is 4.79 Å². The van der Waals surface area contributed by atoms with Crippen LogP contribution in [0.4, 0.5) is 0 Å². The molecule has 116 valence electrons. The second-order valence-corrected chi connectivity index (χ2v) is 7.82. The summed E-state index contributed by atoms with van der Waals surface area (Å²) in [6.07, 6.45) is 0. The third-order valence-corrected chi connectivity index (χ3v) is 4.38. The lowest BCUT2D eigenvalue weighted by molar-refractivity contribution is 0.0940. The summed E-state index contributed by atoms with van der Waals surface area (Å²) < 4.78 is 1.06. The Morgan fingerprint density at radius 2 is 1.73 bits per heavy atom. The van der Waals surface area contributed by atoms with Crippen molar-refractivity contribution >= 4 is 28.5 Å². The molecule has 2 nitrogen and oxygen atoms in total. The highest BCUT2D eigenvalue weighted by Gasteiger charge is 2.15. The zero-order chi connectivity index (χ0) is 16.3. The molecule has 0 heterocycles. The Hall–Kier alpha value is -1.36. The molecule has 0 unspecified atom stereocenters. The summed E-state index contributed by atoms with van der Waals surface area (Å²) in [5, 5.41) is 3.06. The monoisotopic (exact) mass is 407 g/mol. The van der Waals surface area contributed by atoms with Gasteiger partial charge >= 0.3 is 0 Å². The molecule has 0 aliphatic carbocycles. The lowest BCUT2D eigenvalue weighted by Crippen LogP contribution is -2.26. The van der Waals surface area contributed by atoms with Crippen molar-refractivity contribution in [2.75, 3.05) is 0 Å². The third-order valence-electron chi connectivity index (χ3n) is 3.71. The topological polar surface area (TPSA) is 29.1 Å². The van der Waals surface area contributed by atoms with Gasteiger partial charge in [-0.05, 0) is 64.3 Å². The molecule has 0 fully saturated rings. The molecule has 0 saturated heterocycles. The van der Waals surface area contributed by atoms with E-state index in [1.165, 1.54) is 5.56 Å². The van der Waals surface area contributed by atoms with E-state index in [1.807, 2.05) is 31.2 Å². The van der Waals surface area contributed by atoms with Crippen LogP contribution in [-0.4, -0.2) is 5.91 Å². The molecule has 1 N–H and O–H groups in total. The molecule has 0 aromatic heterocycles. The number of hydrogen-bond acceptors (Lipinski definition) is 1. The van der Waals surface area contributed by atoms with E-state index in [-0.39, 0.29) is 17.4 Å². The molecule has 0 aliphatic heterocycles. The van der Waals surface area contributed by atoms with Crippen LogP contribution in [0.5, 0.6) is 0 Å². The van der Waals surface area contributed by atoms with Gasteiger partial charge in [-0.2, -0.15) is 0 Å². The Morgan fingerprint density at radius 3 is 2.27 bits per heavy atom. The number of carbonyl (C=O) groups excluding carboxylic acids is 1. The summed E-state index contributed by atoms with van der Waals surface area (Å²) in [6, 6.07) is 16.1.